The molecular weight excluding hydrogens is 647 g/mol. The van der Waals surface area contributed by atoms with Crippen LogP contribution in [0.2, 0.25) is 0 Å². The number of anilines is 3. The van der Waals surface area contributed by atoms with Gasteiger partial charge in [0, 0.05) is 37.2 Å². The summed E-state index contributed by atoms with van der Waals surface area (Å²) in [5.41, 5.74) is 10.7. The summed E-state index contributed by atoms with van der Waals surface area (Å²) in [6, 6.07) is 73.0. The van der Waals surface area contributed by atoms with Crippen molar-refractivity contribution in [2.24, 2.45) is 0 Å². The van der Waals surface area contributed by atoms with Crippen LogP contribution in [0, 0.1) is 0 Å². The molecule has 1 nitrogen and oxygen atoms in total. The highest BCUT2D eigenvalue weighted by Crippen LogP contribution is 2.44. The van der Waals surface area contributed by atoms with Crippen molar-refractivity contribution < 1.29 is 0 Å². The van der Waals surface area contributed by atoms with E-state index in [4.69, 9.17) is 0 Å². The minimum absolute atomic E-state index is 1.12. The normalized spacial score (nSPS) is 11.5. The summed E-state index contributed by atoms with van der Waals surface area (Å²) in [5, 5.41) is 7.59. The van der Waals surface area contributed by atoms with Gasteiger partial charge in [-0.3, -0.25) is 0 Å². The molecule has 0 radical (unpaired) electrons. The van der Waals surface area contributed by atoms with E-state index in [1.54, 1.807) is 0 Å². The van der Waals surface area contributed by atoms with Gasteiger partial charge in [0.1, 0.15) is 0 Å². The van der Waals surface area contributed by atoms with E-state index in [0.29, 0.717) is 0 Å². The molecule has 1 heterocycles. The molecule has 0 atom stereocenters. The van der Waals surface area contributed by atoms with Crippen molar-refractivity contribution in [3.05, 3.63) is 200 Å². The maximum Gasteiger partial charge on any atom is 0.0476 e. The Hall–Kier alpha value is -6.48. The summed E-state index contributed by atoms with van der Waals surface area (Å²) in [6.07, 6.45) is 0. The SMILES string of the molecule is c1ccc(-c2ccc3sc4cc(N(c5ccc(-c6ccccc6)c(-c6ccccc6)c5)c5ccc6ccc7ccccc7c6c5)ccc4c3c2)cc1. The first kappa shape index (κ1) is 30.4. The topological polar surface area (TPSA) is 3.24 Å². The largest absolute Gasteiger partial charge is 0.310 e. The maximum absolute atomic E-state index is 2.43. The highest BCUT2D eigenvalue weighted by atomic mass is 32.1. The predicted octanol–water partition coefficient (Wildman–Crippen LogP) is 14.8. The number of benzene rings is 9. The van der Waals surface area contributed by atoms with Crippen LogP contribution in [0.5, 0.6) is 0 Å². The fraction of sp³-hybridized carbons (Fsp3) is 0. The molecular formula is C50H33NS. The standard InChI is InChI=1S/C50H33NS/c1-4-12-34(13-5-1)39-23-29-49-48(30-39)45-28-26-42(33-50(45)52-49)51(40-24-22-38-21-20-37-18-10-11-19-43(37)47(38)31-40)41-25-27-44(35-14-6-2-7-15-35)46(32-41)36-16-8-3-9-17-36/h1-33H. The van der Waals surface area contributed by atoms with Gasteiger partial charge in [-0.1, -0.05) is 152 Å². The third-order valence-corrected chi connectivity index (χ3v) is 11.4. The summed E-state index contributed by atoms with van der Waals surface area (Å²) in [4.78, 5) is 2.43. The van der Waals surface area contributed by atoms with Crippen molar-refractivity contribution in [2.75, 3.05) is 4.90 Å². The van der Waals surface area contributed by atoms with Crippen LogP contribution in [0.1, 0.15) is 0 Å². The first-order valence-electron chi connectivity index (χ1n) is 17.8. The molecule has 10 aromatic rings. The van der Waals surface area contributed by atoms with Gasteiger partial charge in [-0.15, -0.1) is 11.3 Å². The van der Waals surface area contributed by atoms with Crippen LogP contribution in [-0.4, -0.2) is 0 Å². The Bertz CT molecular complexity index is 2890. The van der Waals surface area contributed by atoms with Crippen LogP contribution in [0.25, 0.3) is 75.1 Å². The Morgan fingerprint density at radius 3 is 1.63 bits per heavy atom. The zero-order valence-electron chi connectivity index (χ0n) is 28.4. The number of thiophene rings is 1. The van der Waals surface area contributed by atoms with Gasteiger partial charge in [0.2, 0.25) is 0 Å². The van der Waals surface area contributed by atoms with E-state index in [1.165, 1.54) is 75.1 Å². The quantitative estimate of drug-likeness (QED) is 0.158. The third-order valence-electron chi connectivity index (χ3n) is 10.2. The van der Waals surface area contributed by atoms with Gasteiger partial charge >= 0.3 is 0 Å². The van der Waals surface area contributed by atoms with Crippen LogP contribution >= 0.6 is 11.3 Å². The Kier molecular flexibility index (Phi) is 7.41. The molecule has 0 amide bonds. The molecule has 10 rings (SSSR count). The molecule has 0 aliphatic heterocycles. The summed E-state index contributed by atoms with van der Waals surface area (Å²) in [6.45, 7) is 0. The lowest BCUT2D eigenvalue weighted by atomic mass is 9.93. The van der Waals surface area contributed by atoms with E-state index in [-0.39, 0.29) is 0 Å². The van der Waals surface area contributed by atoms with Crippen LogP contribution in [0.15, 0.2) is 200 Å². The second-order valence-electron chi connectivity index (χ2n) is 13.3. The minimum atomic E-state index is 1.12. The van der Waals surface area contributed by atoms with E-state index >= 15 is 0 Å². The molecule has 52 heavy (non-hydrogen) atoms. The van der Waals surface area contributed by atoms with Gasteiger partial charge in [0.25, 0.3) is 0 Å². The van der Waals surface area contributed by atoms with Gasteiger partial charge < -0.3 is 4.90 Å². The molecule has 0 spiro atoms. The van der Waals surface area contributed by atoms with Crippen molar-refractivity contribution in [3.8, 4) is 33.4 Å². The molecule has 0 saturated carbocycles. The predicted molar refractivity (Wildman–Crippen MR) is 225 cm³/mol. The molecule has 0 bridgehead atoms. The fourth-order valence-electron chi connectivity index (χ4n) is 7.69. The Morgan fingerprint density at radius 1 is 0.288 bits per heavy atom. The lowest BCUT2D eigenvalue weighted by molar-refractivity contribution is 1.30. The Labute approximate surface area is 307 Å². The highest BCUT2D eigenvalue weighted by molar-refractivity contribution is 7.25. The highest BCUT2D eigenvalue weighted by Gasteiger charge is 2.19. The van der Waals surface area contributed by atoms with Gasteiger partial charge in [-0.25, -0.2) is 0 Å². The molecule has 0 fully saturated rings. The molecule has 244 valence electrons. The lowest BCUT2D eigenvalue weighted by Gasteiger charge is -2.27. The second kappa shape index (κ2) is 12.7. The van der Waals surface area contributed by atoms with Crippen LogP contribution in [0.3, 0.4) is 0 Å². The number of hydrogen-bond donors (Lipinski definition) is 0. The van der Waals surface area contributed by atoms with E-state index in [1.807, 2.05) is 11.3 Å². The first-order valence-corrected chi connectivity index (χ1v) is 18.6. The lowest BCUT2D eigenvalue weighted by Crippen LogP contribution is -2.10. The number of hydrogen-bond acceptors (Lipinski definition) is 2. The molecule has 0 aliphatic carbocycles. The first-order chi connectivity index (χ1) is 25.8. The molecule has 0 aliphatic rings. The van der Waals surface area contributed by atoms with Crippen LogP contribution < -0.4 is 4.90 Å². The van der Waals surface area contributed by atoms with Crippen molar-refractivity contribution in [1.82, 2.24) is 0 Å². The van der Waals surface area contributed by atoms with E-state index < -0.39 is 0 Å². The van der Waals surface area contributed by atoms with E-state index in [2.05, 4.69) is 205 Å². The summed E-state index contributed by atoms with van der Waals surface area (Å²) in [5.74, 6) is 0. The maximum atomic E-state index is 2.43. The van der Waals surface area contributed by atoms with Crippen LogP contribution in [-0.2, 0) is 0 Å². The van der Waals surface area contributed by atoms with Crippen molar-refractivity contribution >= 4 is 70.1 Å². The fourth-order valence-corrected chi connectivity index (χ4v) is 8.81. The van der Waals surface area contributed by atoms with Crippen molar-refractivity contribution in [1.29, 1.82) is 0 Å². The molecule has 1 aromatic heterocycles. The zero-order valence-corrected chi connectivity index (χ0v) is 29.2. The smallest absolute Gasteiger partial charge is 0.0476 e. The Morgan fingerprint density at radius 2 is 0.865 bits per heavy atom. The molecule has 0 unspecified atom stereocenters. The number of nitrogens with zero attached hydrogens (tertiary/aromatic N) is 1. The zero-order chi connectivity index (χ0) is 34.4. The average molecular weight is 680 g/mol. The summed E-state index contributed by atoms with van der Waals surface area (Å²) in [7, 11) is 0. The summed E-state index contributed by atoms with van der Waals surface area (Å²) < 4.78 is 2.58. The third kappa shape index (κ3) is 5.33. The van der Waals surface area contributed by atoms with E-state index in [9.17, 15) is 0 Å². The van der Waals surface area contributed by atoms with Gasteiger partial charge in [0.15, 0.2) is 0 Å². The molecule has 0 saturated heterocycles. The van der Waals surface area contributed by atoms with Gasteiger partial charge in [0.05, 0.1) is 0 Å². The monoisotopic (exact) mass is 679 g/mol. The summed E-state index contributed by atoms with van der Waals surface area (Å²) >= 11 is 1.87. The average Bonchev–Trinajstić information content (AvgIpc) is 3.59. The van der Waals surface area contributed by atoms with Crippen molar-refractivity contribution in [3.63, 3.8) is 0 Å². The van der Waals surface area contributed by atoms with Gasteiger partial charge in [-0.05, 0) is 103 Å². The molecule has 9 aromatic carbocycles. The van der Waals surface area contributed by atoms with Gasteiger partial charge in [-0.2, -0.15) is 0 Å². The number of fused-ring (bicyclic) bond motifs is 6. The molecule has 0 N–H and O–H groups in total. The van der Waals surface area contributed by atoms with Crippen LogP contribution in [0.4, 0.5) is 17.1 Å². The number of rotatable bonds is 6. The molecule has 2 heteroatoms. The second-order valence-corrected chi connectivity index (χ2v) is 14.4. The Balaban J connectivity index is 1.19. The minimum Gasteiger partial charge on any atom is -0.310 e. The van der Waals surface area contributed by atoms with Crippen molar-refractivity contribution in [2.45, 2.75) is 0 Å². The van der Waals surface area contributed by atoms with E-state index in [0.717, 1.165) is 17.1 Å².